The summed E-state index contributed by atoms with van der Waals surface area (Å²) in [6, 6.07) is 0. The van der Waals surface area contributed by atoms with Crippen molar-refractivity contribution in [1.82, 2.24) is 0 Å². The van der Waals surface area contributed by atoms with Crippen LogP contribution < -0.4 is 0 Å². The minimum Gasteiger partial charge on any atom is -2.00 e. The molecule has 4 heteroatoms. The van der Waals surface area contributed by atoms with Crippen LogP contribution in [0.15, 0.2) is 0 Å². The normalized spacial score (nSPS) is 5.14. The quantitative estimate of drug-likeness (QED) is 0.514. The van der Waals surface area contributed by atoms with E-state index in [1.165, 1.54) is 0 Å². The zero-order valence-corrected chi connectivity index (χ0v) is 5.68. The van der Waals surface area contributed by atoms with Gasteiger partial charge in [0.1, 0.15) is 0 Å². The monoisotopic (exact) mass is 143 g/mol. The molecule has 0 saturated carbocycles. The maximum absolute atomic E-state index is 8.06. The standard InChI is InChI=1S/C3H8O.2O.V/c1-3(2)4;;;/h3-4H,1-2H3;;;/q;2*-2;+4. The Morgan fingerprint density at radius 3 is 1.14 bits per heavy atom. The van der Waals surface area contributed by atoms with Crippen LogP contribution in [0.25, 0.3) is 0 Å². The van der Waals surface area contributed by atoms with Crippen LogP contribution in [0, 0.1) is 0 Å². The topological polar surface area (TPSA) is 77.2 Å². The van der Waals surface area contributed by atoms with Crippen molar-refractivity contribution in [2.45, 2.75) is 20.0 Å². The molecule has 0 aromatic carbocycles. The van der Waals surface area contributed by atoms with Crippen molar-refractivity contribution in [2.24, 2.45) is 0 Å². The van der Waals surface area contributed by atoms with Crippen molar-refractivity contribution in [3.05, 3.63) is 0 Å². The van der Waals surface area contributed by atoms with Gasteiger partial charge < -0.3 is 16.1 Å². The van der Waals surface area contributed by atoms with E-state index in [9.17, 15) is 0 Å². The molecule has 1 N–H and O–H groups in total. The summed E-state index contributed by atoms with van der Waals surface area (Å²) in [6.45, 7) is 3.44. The van der Waals surface area contributed by atoms with Gasteiger partial charge in [-0.3, -0.25) is 0 Å². The summed E-state index contributed by atoms with van der Waals surface area (Å²) in [7, 11) is 0. The second kappa shape index (κ2) is 16.1. The van der Waals surface area contributed by atoms with Crippen LogP contribution in [0.2, 0.25) is 0 Å². The molecule has 0 amide bonds. The number of aliphatic hydroxyl groups excluding tert-OH is 1. The molecule has 1 radical (unpaired) electrons. The molecule has 0 aliphatic rings. The first-order valence-corrected chi connectivity index (χ1v) is 1.41. The number of rotatable bonds is 0. The van der Waals surface area contributed by atoms with Crippen LogP contribution in [-0.2, 0) is 29.5 Å². The predicted molar refractivity (Wildman–Crippen MR) is 18.7 cm³/mol. The Labute approximate surface area is 55.2 Å². The first-order chi connectivity index (χ1) is 1.73. The van der Waals surface area contributed by atoms with E-state index in [2.05, 4.69) is 0 Å². The number of aliphatic hydroxyl groups is 1. The fraction of sp³-hybridized carbons (Fsp3) is 1.00. The second-order valence-corrected chi connectivity index (χ2v) is 1.09. The Hall–Kier alpha value is 0.464. The van der Waals surface area contributed by atoms with Crippen molar-refractivity contribution < 1.29 is 34.6 Å². The predicted octanol–water partition coefficient (Wildman–Crippen LogP) is 0.147. The smallest absolute Gasteiger partial charge is 2.00 e. The first kappa shape index (κ1) is 26.0. The van der Waals surface area contributed by atoms with Crippen molar-refractivity contribution in [1.29, 1.82) is 0 Å². The summed E-state index contributed by atoms with van der Waals surface area (Å²) < 4.78 is 0. The van der Waals surface area contributed by atoms with Crippen LogP contribution in [0.1, 0.15) is 13.8 Å². The maximum atomic E-state index is 8.06. The number of hydrogen-bond acceptors (Lipinski definition) is 1. The number of hydrogen-bond donors (Lipinski definition) is 1. The van der Waals surface area contributed by atoms with E-state index >= 15 is 0 Å². The molecule has 7 heavy (non-hydrogen) atoms. The van der Waals surface area contributed by atoms with Crippen LogP contribution in [0.4, 0.5) is 0 Å². The third-order valence-electron chi connectivity index (χ3n) is 0. The molecule has 0 spiro atoms. The molecule has 0 fully saturated rings. The largest absolute Gasteiger partial charge is 4.00 e. The molecule has 0 aliphatic heterocycles. The summed E-state index contributed by atoms with van der Waals surface area (Å²) in [6.07, 6.45) is -0.167. The van der Waals surface area contributed by atoms with E-state index in [0.717, 1.165) is 0 Å². The Kier molecular flexibility index (Phi) is 59.7. The fourth-order valence-corrected chi connectivity index (χ4v) is 0. The Morgan fingerprint density at radius 2 is 1.14 bits per heavy atom. The molecule has 0 unspecified atom stereocenters. The molecular formula is C3H8O3V. The van der Waals surface area contributed by atoms with E-state index < -0.39 is 0 Å². The molecule has 0 heterocycles. The first-order valence-electron chi connectivity index (χ1n) is 1.41. The zero-order valence-electron chi connectivity index (χ0n) is 4.29. The van der Waals surface area contributed by atoms with Gasteiger partial charge in [-0.25, -0.2) is 0 Å². The maximum Gasteiger partial charge on any atom is 4.00 e. The van der Waals surface area contributed by atoms with Crippen LogP contribution in [0.5, 0.6) is 0 Å². The molecule has 0 atom stereocenters. The van der Waals surface area contributed by atoms with Gasteiger partial charge in [-0.1, -0.05) is 0 Å². The minimum atomic E-state index is -0.167. The molecule has 3 nitrogen and oxygen atoms in total. The van der Waals surface area contributed by atoms with Crippen LogP contribution >= 0.6 is 0 Å². The van der Waals surface area contributed by atoms with Gasteiger partial charge >= 0.3 is 18.6 Å². The van der Waals surface area contributed by atoms with Crippen LogP contribution in [0.3, 0.4) is 0 Å². The molecule has 0 bridgehead atoms. The summed E-state index contributed by atoms with van der Waals surface area (Å²) in [4.78, 5) is 0. The summed E-state index contributed by atoms with van der Waals surface area (Å²) >= 11 is 0. The van der Waals surface area contributed by atoms with Crippen molar-refractivity contribution >= 4 is 0 Å². The summed E-state index contributed by atoms with van der Waals surface area (Å²) in [5, 5.41) is 8.06. The molecule has 0 saturated heterocycles. The molecule has 0 aliphatic carbocycles. The third kappa shape index (κ3) is 597. The van der Waals surface area contributed by atoms with E-state index in [1.54, 1.807) is 13.8 Å². The fourth-order valence-electron chi connectivity index (χ4n) is 0. The Morgan fingerprint density at radius 1 is 1.14 bits per heavy atom. The Balaban J connectivity index is -0.0000000150. The van der Waals surface area contributed by atoms with Gasteiger partial charge in [0, 0.05) is 6.10 Å². The van der Waals surface area contributed by atoms with Crippen molar-refractivity contribution in [3.8, 4) is 0 Å². The van der Waals surface area contributed by atoms with Gasteiger partial charge in [-0.15, -0.1) is 0 Å². The SMILES string of the molecule is CC(C)O.[O-2].[O-2].[V+4]. The van der Waals surface area contributed by atoms with Gasteiger partial charge in [0.2, 0.25) is 0 Å². The average molecular weight is 143 g/mol. The van der Waals surface area contributed by atoms with Gasteiger partial charge in [0.15, 0.2) is 0 Å². The molecule has 0 rings (SSSR count). The molecule has 0 aromatic rings. The zero-order chi connectivity index (χ0) is 3.58. The van der Waals surface area contributed by atoms with Crippen molar-refractivity contribution in [3.63, 3.8) is 0 Å². The second-order valence-electron chi connectivity index (χ2n) is 1.09. The average Bonchev–Trinajstić information content (AvgIpc) is 0.811. The molecular weight excluding hydrogens is 135 g/mol. The molecule has 0 aromatic heterocycles. The van der Waals surface area contributed by atoms with Gasteiger partial charge in [0.25, 0.3) is 0 Å². The summed E-state index contributed by atoms with van der Waals surface area (Å²) in [5.41, 5.74) is 0. The minimum absolute atomic E-state index is 0. The third-order valence-corrected chi connectivity index (χ3v) is 0. The van der Waals surface area contributed by atoms with E-state index in [0.29, 0.717) is 0 Å². The van der Waals surface area contributed by atoms with Gasteiger partial charge in [0.05, 0.1) is 0 Å². The van der Waals surface area contributed by atoms with E-state index in [1.807, 2.05) is 0 Å². The van der Waals surface area contributed by atoms with Crippen LogP contribution in [-0.4, -0.2) is 11.2 Å². The van der Waals surface area contributed by atoms with E-state index in [-0.39, 0.29) is 35.6 Å². The van der Waals surface area contributed by atoms with Crippen molar-refractivity contribution in [2.75, 3.05) is 0 Å². The molecule has 43 valence electrons. The Bertz CT molecular complexity index is 14.9. The van der Waals surface area contributed by atoms with Gasteiger partial charge in [-0.2, -0.15) is 0 Å². The summed E-state index contributed by atoms with van der Waals surface area (Å²) in [5.74, 6) is 0. The van der Waals surface area contributed by atoms with Gasteiger partial charge in [-0.05, 0) is 13.8 Å². The van der Waals surface area contributed by atoms with E-state index in [4.69, 9.17) is 5.11 Å².